The molecule has 7 heteroatoms. The molecule has 0 saturated heterocycles. The number of amides is 1. The number of carbonyl (C=O) groups is 1. The van der Waals surface area contributed by atoms with E-state index in [4.69, 9.17) is 4.74 Å². The second-order valence-electron chi connectivity index (χ2n) is 4.94. The van der Waals surface area contributed by atoms with Crippen LogP contribution in [-0.4, -0.2) is 22.5 Å². The Morgan fingerprint density at radius 2 is 1.83 bits per heavy atom. The van der Waals surface area contributed by atoms with E-state index < -0.39 is 0 Å². The first-order valence-electron chi connectivity index (χ1n) is 7.00. The lowest BCUT2D eigenvalue weighted by atomic mass is 10.2. The van der Waals surface area contributed by atoms with Crippen LogP contribution in [0, 0.1) is 5.82 Å². The van der Waals surface area contributed by atoms with Gasteiger partial charge in [0.25, 0.3) is 0 Å². The summed E-state index contributed by atoms with van der Waals surface area (Å²) in [6.45, 7) is 0.181. The van der Waals surface area contributed by atoms with Crippen molar-refractivity contribution in [3.8, 4) is 5.75 Å². The van der Waals surface area contributed by atoms with E-state index in [2.05, 4.69) is 15.3 Å². The van der Waals surface area contributed by atoms with Gasteiger partial charge in [-0.2, -0.15) is 0 Å². The number of nitrogens with one attached hydrogen (secondary N) is 3. The van der Waals surface area contributed by atoms with Crippen molar-refractivity contribution in [1.29, 1.82) is 0 Å². The number of fused-ring (bicyclic) bond motifs is 1. The average Bonchev–Trinajstić information content (AvgIpc) is 2.88. The molecule has 3 N–H and O–H groups in total. The summed E-state index contributed by atoms with van der Waals surface area (Å²) in [6.07, 6.45) is 0.152. The van der Waals surface area contributed by atoms with Crippen LogP contribution in [-0.2, 0) is 4.79 Å². The van der Waals surface area contributed by atoms with Crippen LogP contribution in [0.4, 0.5) is 10.1 Å². The molecule has 0 aliphatic rings. The number of H-pyrrole nitrogens is 2. The van der Waals surface area contributed by atoms with Gasteiger partial charge in [-0.25, -0.2) is 9.18 Å². The van der Waals surface area contributed by atoms with Crippen molar-refractivity contribution < 1.29 is 13.9 Å². The highest BCUT2D eigenvalue weighted by atomic mass is 19.1. The van der Waals surface area contributed by atoms with E-state index in [9.17, 15) is 14.0 Å². The minimum absolute atomic E-state index is 0.152. The monoisotopic (exact) mass is 315 g/mol. The lowest BCUT2D eigenvalue weighted by molar-refractivity contribution is -0.116. The van der Waals surface area contributed by atoms with Gasteiger partial charge in [0.1, 0.15) is 11.6 Å². The van der Waals surface area contributed by atoms with E-state index in [0.717, 1.165) is 0 Å². The molecule has 3 rings (SSSR count). The van der Waals surface area contributed by atoms with Gasteiger partial charge in [-0.15, -0.1) is 0 Å². The number of aromatic amines is 2. The van der Waals surface area contributed by atoms with E-state index in [1.54, 1.807) is 18.2 Å². The molecular formula is C16H14FN3O3. The fourth-order valence-electron chi connectivity index (χ4n) is 2.13. The molecule has 0 unspecified atom stereocenters. The summed E-state index contributed by atoms with van der Waals surface area (Å²) in [4.78, 5) is 28.3. The van der Waals surface area contributed by atoms with E-state index in [1.807, 2.05) is 0 Å². The smallest absolute Gasteiger partial charge is 0.323 e. The Bertz CT molecular complexity index is 883. The van der Waals surface area contributed by atoms with Gasteiger partial charge in [0.2, 0.25) is 5.91 Å². The number of hydrogen-bond donors (Lipinski definition) is 3. The molecule has 23 heavy (non-hydrogen) atoms. The molecule has 0 aliphatic carbocycles. The van der Waals surface area contributed by atoms with E-state index >= 15 is 0 Å². The van der Waals surface area contributed by atoms with Crippen molar-refractivity contribution in [3.63, 3.8) is 0 Å². The average molecular weight is 315 g/mol. The Labute approximate surface area is 130 Å². The Kier molecular flexibility index (Phi) is 4.09. The summed E-state index contributed by atoms with van der Waals surface area (Å²) >= 11 is 0. The highest BCUT2D eigenvalue weighted by molar-refractivity contribution is 5.93. The van der Waals surface area contributed by atoms with Gasteiger partial charge in [-0.05, 0) is 42.5 Å². The minimum Gasteiger partial charge on any atom is -0.493 e. The summed E-state index contributed by atoms with van der Waals surface area (Å²) in [6, 6.07) is 10.7. The molecule has 6 nitrogen and oxygen atoms in total. The Morgan fingerprint density at radius 1 is 1.09 bits per heavy atom. The van der Waals surface area contributed by atoms with E-state index in [-0.39, 0.29) is 30.4 Å². The first-order chi connectivity index (χ1) is 11.1. The molecule has 1 heterocycles. The van der Waals surface area contributed by atoms with Crippen molar-refractivity contribution in [2.75, 3.05) is 11.9 Å². The predicted molar refractivity (Wildman–Crippen MR) is 84.1 cm³/mol. The molecule has 3 aromatic rings. The molecule has 0 fully saturated rings. The maximum Gasteiger partial charge on any atom is 0.323 e. The minimum atomic E-state index is -0.340. The fraction of sp³-hybridized carbons (Fsp3) is 0.125. The molecule has 1 aromatic heterocycles. The van der Waals surface area contributed by atoms with Gasteiger partial charge >= 0.3 is 5.69 Å². The predicted octanol–water partition coefficient (Wildman–Crippen LogP) is 2.40. The molecule has 1 amide bonds. The summed E-state index contributed by atoms with van der Waals surface area (Å²) in [5.41, 5.74) is 1.58. The van der Waals surface area contributed by atoms with Crippen LogP contribution < -0.4 is 15.7 Å². The number of anilines is 1. The molecule has 0 spiro atoms. The Hall–Kier alpha value is -3.09. The second kappa shape index (κ2) is 6.35. The lowest BCUT2D eigenvalue weighted by Crippen LogP contribution is -2.15. The summed E-state index contributed by atoms with van der Waals surface area (Å²) < 4.78 is 18.1. The van der Waals surface area contributed by atoms with Gasteiger partial charge in [0, 0.05) is 5.69 Å². The summed E-state index contributed by atoms with van der Waals surface area (Å²) in [7, 11) is 0. The normalized spacial score (nSPS) is 10.7. The van der Waals surface area contributed by atoms with Gasteiger partial charge in [-0.3, -0.25) is 4.79 Å². The summed E-state index contributed by atoms with van der Waals surface area (Å²) in [5, 5.41) is 2.72. The molecular weight excluding hydrogens is 301 g/mol. The van der Waals surface area contributed by atoms with E-state index in [1.165, 1.54) is 24.3 Å². The van der Waals surface area contributed by atoms with Crippen LogP contribution >= 0.6 is 0 Å². The van der Waals surface area contributed by atoms with Crippen molar-refractivity contribution in [2.24, 2.45) is 0 Å². The first kappa shape index (κ1) is 14.8. The maximum atomic E-state index is 12.7. The molecule has 2 aromatic carbocycles. The SMILES string of the molecule is O=C(CCOc1ccc(F)cc1)Nc1ccc2[nH]c(=O)[nH]c2c1. The highest BCUT2D eigenvalue weighted by Crippen LogP contribution is 2.15. The summed E-state index contributed by atoms with van der Waals surface area (Å²) in [5.74, 6) is -0.0526. The third kappa shape index (κ3) is 3.76. The van der Waals surface area contributed by atoms with Crippen LogP contribution in [0.2, 0.25) is 0 Å². The molecule has 118 valence electrons. The van der Waals surface area contributed by atoms with Gasteiger partial charge in [0.05, 0.1) is 24.1 Å². The van der Waals surface area contributed by atoms with Crippen molar-refractivity contribution in [1.82, 2.24) is 9.97 Å². The Morgan fingerprint density at radius 3 is 2.61 bits per heavy atom. The third-order valence-corrected chi connectivity index (χ3v) is 3.21. The van der Waals surface area contributed by atoms with Crippen molar-refractivity contribution in [2.45, 2.75) is 6.42 Å². The zero-order chi connectivity index (χ0) is 16.2. The standard InChI is InChI=1S/C16H14FN3O3/c17-10-1-4-12(5-2-10)23-8-7-15(21)18-11-3-6-13-14(9-11)20-16(22)19-13/h1-6,9H,7-8H2,(H,18,21)(H2,19,20,22). The van der Waals surface area contributed by atoms with Crippen LogP contribution in [0.3, 0.4) is 0 Å². The number of benzene rings is 2. The number of halogens is 1. The number of aromatic nitrogens is 2. The highest BCUT2D eigenvalue weighted by Gasteiger charge is 2.05. The van der Waals surface area contributed by atoms with Crippen molar-refractivity contribution >= 4 is 22.6 Å². The molecule has 0 saturated carbocycles. The number of hydrogen-bond acceptors (Lipinski definition) is 3. The second-order valence-corrected chi connectivity index (χ2v) is 4.94. The van der Waals surface area contributed by atoms with Crippen LogP contribution in [0.25, 0.3) is 11.0 Å². The number of rotatable bonds is 5. The van der Waals surface area contributed by atoms with Gasteiger partial charge in [0.15, 0.2) is 0 Å². The van der Waals surface area contributed by atoms with Crippen LogP contribution in [0.5, 0.6) is 5.75 Å². The zero-order valence-electron chi connectivity index (χ0n) is 12.1. The van der Waals surface area contributed by atoms with Crippen molar-refractivity contribution in [3.05, 3.63) is 58.8 Å². The molecule has 0 atom stereocenters. The van der Waals surface area contributed by atoms with Crippen LogP contribution in [0.1, 0.15) is 6.42 Å². The maximum absolute atomic E-state index is 12.7. The Balaban J connectivity index is 1.53. The number of imidazole rings is 1. The van der Waals surface area contributed by atoms with Crippen LogP contribution in [0.15, 0.2) is 47.3 Å². The number of ether oxygens (including phenoxy) is 1. The molecule has 0 bridgehead atoms. The lowest BCUT2D eigenvalue weighted by Gasteiger charge is -2.07. The quantitative estimate of drug-likeness (QED) is 0.675. The van der Waals surface area contributed by atoms with E-state index in [0.29, 0.717) is 22.5 Å². The zero-order valence-corrected chi connectivity index (χ0v) is 12.1. The van der Waals surface area contributed by atoms with Gasteiger partial charge in [-0.1, -0.05) is 0 Å². The molecule has 0 aliphatic heterocycles. The number of carbonyl (C=O) groups excluding carboxylic acids is 1. The fourth-order valence-corrected chi connectivity index (χ4v) is 2.13. The first-order valence-corrected chi connectivity index (χ1v) is 7.00. The topological polar surface area (TPSA) is 87.0 Å². The molecule has 0 radical (unpaired) electrons. The third-order valence-electron chi connectivity index (χ3n) is 3.21. The van der Waals surface area contributed by atoms with Gasteiger partial charge < -0.3 is 20.0 Å². The largest absolute Gasteiger partial charge is 0.493 e.